The van der Waals surface area contributed by atoms with Crippen molar-refractivity contribution in [3.8, 4) is 0 Å². The lowest BCUT2D eigenvalue weighted by molar-refractivity contribution is 0.137. The molecule has 1 fully saturated rings. The zero-order chi connectivity index (χ0) is 18.0. The minimum atomic E-state index is 0. The Bertz CT molecular complexity index is 524. The highest BCUT2D eigenvalue weighted by Crippen LogP contribution is 2.39. The highest BCUT2D eigenvalue weighted by molar-refractivity contribution is 14.0. The number of rotatable bonds is 9. The van der Waals surface area contributed by atoms with Crippen molar-refractivity contribution in [3.63, 3.8) is 0 Å². The monoisotopic (exact) mass is 494 g/mol. The van der Waals surface area contributed by atoms with Crippen molar-refractivity contribution in [3.05, 3.63) is 16.1 Å². The minimum absolute atomic E-state index is 0. The number of aromatic nitrogens is 1. The Kier molecular flexibility index (Phi) is 11.7. The van der Waals surface area contributed by atoms with E-state index in [0.29, 0.717) is 0 Å². The molecule has 0 atom stereocenters. The number of hydrogen-bond acceptors (Lipinski definition) is 4. The van der Waals surface area contributed by atoms with Crippen LogP contribution < -0.4 is 10.6 Å². The van der Waals surface area contributed by atoms with Crippen molar-refractivity contribution in [1.82, 2.24) is 15.6 Å². The molecule has 7 heteroatoms. The highest BCUT2D eigenvalue weighted by Gasteiger charge is 2.31. The molecule has 150 valence electrons. The third kappa shape index (κ3) is 7.68. The molecule has 0 aliphatic heterocycles. The zero-order valence-electron chi connectivity index (χ0n) is 16.2. The number of aryl methyl sites for hydroxylation is 1. The number of halogens is 1. The van der Waals surface area contributed by atoms with Gasteiger partial charge in [0.1, 0.15) is 0 Å². The fourth-order valence-electron chi connectivity index (χ4n) is 3.53. The van der Waals surface area contributed by atoms with Gasteiger partial charge in [-0.05, 0) is 38.0 Å². The molecule has 0 saturated heterocycles. The van der Waals surface area contributed by atoms with Crippen molar-refractivity contribution in [2.75, 3.05) is 26.2 Å². The summed E-state index contributed by atoms with van der Waals surface area (Å²) in [5.74, 6) is 0.887. The highest BCUT2D eigenvalue weighted by atomic mass is 127. The Hall–Kier alpha value is -0.410. The first-order valence-electron chi connectivity index (χ1n) is 9.78. The van der Waals surface area contributed by atoms with E-state index in [0.717, 1.165) is 44.9 Å². The summed E-state index contributed by atoms with van der Waals surface area (Å²) in [5.41, 5.74) is 0.195. The zero-order valence-corrected chi connectivity index (χ0v) is 19.4. The van der Waals surface area contributed by atoms with Crippen molar-refractivity contribution in [1.29, 1.82) is 0 Å². The predicted molar refractivity (Wildman–Crippen MR) is 122 cm³/mol. The number of hydrogen-bond donors (Lipinski definition) is 3. The average molecular weight is 494 g/mol. The van der Waals surface area contributed by atoms with Crippen LogP contribution in [0.25, 0.3) is 0 Å². The summed E-state index contributed by atoms with van der Waals surface area (Å²) in [6, 6.07) is 0. The molecule has 0 bridgehead atoms. The van der Waals surface area contributed by atoms with Crippen LogP contribution in [0.4, 0.5) is 0 Å². The van der Waals surface area contributed by atoms with Crippen molar-refractivity contribution in [2.45, 2.75) is 65.2 Å². The molecular weight excluding hydrogens is 459 g/mol. The summed E-state index contributed by atoms with van der Waals surface area (Å²) in [7, 11) is 0. The third-order valence-corrected chi connectivity index (χ3v) is 6.26. The van der Waals surface area contributed by atoms with Gasteiger partial charge in [0.2, 0.25) is 0 Å². The van der Waals surface area contributed by atoms with Gasteiger partial charge >= 0.3 is 0 Å². The lowest BCUT2D eigenvalue weighted by Crippen LogP contribution is -2.40. The molecule has 0 amide bonds. The fraction of sp³-hybridized carbons (Fsp3) is 0.789. The molecule has 0 aromatic carbocycles. The summed E-state index contributed by atoms with van der Waals surface area (Å²) in [6.45, 7) is 7.03. The molecule has 1 saturated carbocycles. The first-order valence-corrected chi connectivity index (χ1v) is 10.6. The largest absolute Gasteiger partial charge is 0.396 e. The van der Waals surface area contributed by atoms with E-state index in [1.165, 1.54) is 42.0 Å². The van der Waals surface area contributed by atoms with Crippen molar-refractivity contribution >= 4 is 41.3 Å². The predicted octanol–water partition coefficient (Wildman–Crippen LogP) is 3.75. The Balaban J connectivity index is 0.00000338. The van der Waals surface area contributed by atoms with Crippen LogP contribution >= 0.6 is 35.3 Å². The molecular formula is C19H35IN4OS. The van der Waals surface area contributed by atoms with E-state index in [1.807, 2.05) is 6.20 Å². The first-order chi connectivity index (χ1) is 12.2. The van der Waals surface area contributed by atoms with Gasteiger partial charge in [-0.1, -0.05) is 26.2 Å². The third-order valence-electron chi connectivity index (χ3n) is 5.05. The maximum Gasteiger partial charge on any atom is 0.191 e. The first kappa shape index (κ1) is 23.6. The lowest BCUT2D eigenvalue weighted by atomic mass is 9.72. The molecule has 26 heavy (non-hydrogen) atoms. The maximum absolute atomic E-state index is 9.46. The van der Waals surface area contributed by atoms with E-state index in [4.69, 9.17) is 4.99 Å². The Morgan fingerprint density at radius 2 is 2.04 bits per heavy atom. The number of aliphatic hydroxyl groups excluding tert-OH is 1. The molecule has 1 heterocycles. The topological polar surface area (TPSA) is 69.5 Å². The minimum Gasteiger partial charge on any atom is -0.396 e. The Morgan fingerprint density at radius 1 is 1.27 bits per heavy atom. The summed E-state index contributed by atoms with van der Waals surface area (Å²) in [6.07, 6.45) is 11.1. The average Bonchev–Trinajstić information content (AvgIpc) is 3.09. The van der Waals surface area contributed by atoms with Crippen LogP contribution in [0.5, 0.6) is 0 Å². The molecule has 3 N–H and O–H groups in total. The van der Waals surface area contributed by atoms with Crippen LogP contribution in [0.1, 0.15) is 62.3 Å². The quantitative estimate of drug-likeness (QED) is 0.278. The summed E-state index contributed by atoms with van der Waals surface area (Å²) in [5, 5.41) is 17.4. The summed E-state index contributed by atoms with van der Waals surface area (Å²) in [4.78, 5) is 10.7. The second-order valence-electron chi connectivity index (χ2n) is 6.98. The molecule has 0 radical (unpaired) electrons. The van der Waals surface area contributed by atoms with Gasteiger partial charge < -0.3 is 15.7 Å². The smallest absolute Gasteiger partial charge is 0.191 e. The van der Waals surface area contributed by atoms with E-state index >= 15 is 0 Å². The van der Waals surface area contributed by atoms with Gasteiger partial charge in [-0.15, -0.1) is 35.3 Å². The van der Waals surface area contributed by atoms with E-state index in [-0.39, 0.29) is 36.0 Å². The van der Waals surface area contributed by atoms with Crippen LogP contribution in [0.15, 0.2) is 11.2 Å². The molecule has 1 aliphatic rings. The number of nitrogens with zero attached hydrogens (tertiary/aromatic N) is 2. The number of aliphatic imine (C=N–C) groups is 1. The van der Waals surface area contributed by atoms with Gasteiger partial charge in [-0.2, -0.15) is 0 Å². The molecule has 1 aromatic rings. The molecule has 1 aliphatic carbocycles. The van der Waals surface area contributed by atoms with E-state index in [9.17, 15) is 5.11 Å². The second kappa shape index (κ2) is 12.9. The van der Waals surface area contributed by atoms with Crippen LogP contribution in [0.3, 0.4) is 0 Å². The van der Waals surface area contributed by atoms with Gasteiger partial charge in [0.15, 0.2) is 5.96 Å². The van der Waals surface area contributed by atoms with Crippen molar-refractivity contribution < 1.29 is 5.11 Å². The van der Waals surface area contributed by atoms with Crippen LogP contribution in [0.2, 0.25) is 0 Å². The van der Waals surface area contributed by atoms with Crippen LogP contribution in [0, 0.1) is 5.41 Å². The normalized spacial score (nSPS) is 16.8. The van der Waals surface area contributed by atoms with E-state index in [1.54, 1.807) is 11.3 Å². The van der Waals surface area contributed by atoms with E-state index < -0.39 is 0 Å². The molecule has 0 unspecified atom stereocenters. The number of guanidine groups is 1. The SMILES string of the molecule is CCNC(=NCC1(CCO)CCCCC1)NCCc1ncc(CC)s1.I. The standard InChI is InChI=1S/C19H34N4OS.HI/c1-3-16-14-22-17(25-16)8-12-21-18(20-4-2)23-15-19(11-13-24)9-6-5-7-10-19;/h14,24H,3-13,15H2,1-2H3,(H2,20,21,23);1H. The van der Waals surface area contributed by atoms with Gasteiger partial charge in [-0.3, -0.25) is 4.99 Å². The number of aliphatic hydroxyl groups is 1. The molecule has 1 aromatic heterocycles. The van der Waals surface area contributed by atoms with Gasteiger partial charge in [-0.25, -0.2) is 4.98 Å². The number of nitrogens with one attached hydrogen (secondary N) is 2. The molecule has 0 spiro atoms. The van der Waals surface area contributed by atoms with Crippen LogP contribution in [-0.2, 0) is 12.8 Å². The van der Waals surface area contributed by atoms with Crippen LogP contribution in [-0.4, -0.2) is 42.3 Å². The van der Waals surface area contributed by atoms with Gasteiger partial charge in [0, 0.05) is 43.7 Å². The molecule has 2 rings (SSSR count). The fourth-order valence-corrected chi connectivity index (χ4v) is 4.39. The van der Waals surface area contributed by atoms with Crippen molar-refractivity contribution in [2.24, 2.45) is 10.4 Å². The Labute approximate surface area is 179 Å². The van der Waals surface area contributed by atoms with Gasteiger partial charge in [0.25, 0.3) is 0 Å². The summed E-state index contributed by atoms with van der Waals surface area (Å²) < 4.78 is 0. The Morgan fingerprint density at radius 3 is 2.65 bits per heavy atom. The van der Waals surface area contributed by atoms with E-state index in [2.05, 4.69) is 29.5 Å². The number of thiazole rings is 1. The van der Waals surface area contributed by atoms with Gasteiger partial charge in [0.05, 0.1) is 5.01 Å². The second-order valence-corrected chi connectivity index (χ2v) is 8.18. The maximum atomic E-state index is 9.46. The lowest BCUT2D eigenvalue weighted by Gasteiger charge is -2.35. The summed E-state index contributed by atoms with van der Waals surface area (Å²) >= 11 is 1.80. The molecule has 5 nitrogen and oxygen atoms in total.